The summed E-state index contributed by atoms with van der Waals surface area (Å²) >= 11 is 0. The molecule has 9 heavy (non-hydrogen) atoms. The highest BCUT2D eigenvalue weighted by atomic mass is 31.1. The van der Waals surface area contributed by atoms with Crippen molar-refractivity contribution in [3.63, 3.8) is 0 Å². The smallest absolute Gasteiger partial charge is 0.158 e. The van der Waals surface area contributed by atoms with Gasteiger partial charge in [-0.2, -0.15) is 4.51 Å². The predicted molar refractivity (Wildman–Crippen MR) is 45.8 cm³/mol. The van der Waals surface area contributed by atoms with E-state index in [0.717, 1.165) is 8.51 Å². The zero-order valence-corrected chi connectivity index (χ0v) is 8.18. The molecule has 0 aliphatic rings. The van der Waals surface area contributed by atoms with Crippen molar-refractivity contribution in [2.45, 2.75) is 0 Å². The van der Waals surface area contributed by atoms with Gasteiger partial charge in [0.05, 0.1) is 0 Å². The van der Waals surface area contributed by atoms with E-state index in [9.17, 15) is 0 Å². The van der Waals surface area contributed by atoms with Crippen LogP contribution in [0.5, 0.6) is 0 Å². The van der Waals surface area contributed by atoms with Gasteiger partial charge in [0.2, 0.25) is 0 Å². The quantitative estimate of drug-likeness (QED) is 0.707. The van der Waals surface area contributed by atoms with E-state index in [4.69, 9.17) is 0 Å². The Kier molecular flexibility index (Phi) is 2.81. The monoisotopic (exact) mass is 182 g/mol. The van der Waals surface area contributed by atoms with Crippen molar-refractivity contribution in [1.29, 1.82) is 0 Å². The molecule has 2 atom stereocenters. The van der Waals surface area contributed by atoms with Crippen LogP contribution < -0.4 is 5.01 Å². The van der Waals surface area contributed by atoms with Gasteiger partial charge in [-0.3, -0.25) is 0 Å². The molecule has 1 heterocycles. The van der Waals surface area contributed by atoms with E-state index in [-0.39, 0.29) is 0 Å². The van der Waals surface area contributed by atoms with E-state index in [0.29, 0.717) is 17.0 Å². The zero-order chi connectivity index (χ0) is 6.69. The summed E-state index contributed by atoms with van der Waals surface area (Å²) in [7, 11) is 6.38. The SMILES string of the molecule is CN(C)n1pn[pH][nH][pH]1. The molecule has 0 aromatic carbocycles. The number of H-pyrrole nitrogens is 1. The number of hydrogen-bond acceptors (Lipinski definition) is 2. The summed E-state index contributed by atoms with van der Waals surface area (Å²) < 4.78 is 9.46. The summed E-state index contributed by atoms with van der Waals surface area (Å²) in [5, 5.41) is 2.04. The van der Waals surface area contributed by atoms with Gasteiger partial charge in [0.1, 0.15) is 0 Å². The van der Waals surface area contributed by atoms with E-state index in [1.54, 1.807) is 0 Å². The lowest BCUT2D eigenvalue weighted by Gasteiger charge is -2.10. The molecule has 0 aliphatic carbocycles. The molecular formula is C2H9N4P3. The fourth-order valence-corrected chi connectivity index (χ4v) is 3.53. The Bertz CT molecular complexity index is 176. The van der Waals surface area contributed by atoms with Gasteiger partial charge in [-0.25, -0.2) is 9.21 Å². The molecule has 52 valence electrons. The van der Waals surface area contributed by atoms with Crippen LogP contribution in [0.1, 0.15) is 0 Å². The van der Waals surface area contributed by atoms with Crippen LogP contribution in [0, 0.1) is 0 Å². The lowest BCUT2D eigenvalue weighted by Crippen LogP contribution is -2.19. The van der Waals surface area contributed by atoms with Gasteiger partial charge >= 0.3 is 0 Å². The van der Waals surface area contributed by atoms with Crippen molar-refractivity contribution in [2.24, 2.45) is 0 Å². The van der Waals surface area contributed by atoms with Crippen LogP contribution in [0.15, 0.2) is 0 Å². The zero-order valence-electron chi connectivity index (χ0n) is 5.29. The Morgan fingerprint density at radius 1 is 1.67 bits per heavy atom. The molecule has 1 aromatic rings. The molecule has 0 spiro atoms. The van der Waals surface area contributed by atoms with Gasteiger partial charge in [-0.05, 0) is 0 Å². The highest BCUT2D eigenvalue weighted by Crippen LogP contribution is 2.10. The number of nitrogens with one attached hydrogen (secondary N) is 1. The summed E-state index contributed by atoms with van der Waals surface area (Å²) in [5.74, 6) is 0. The second-order valence-electron chi connectivity index (χ2n) is 1.67. The van der Waals surface area contributed by atoms with Crippen LogP contribution in [0.2, 0.25) is 0 Å². The van der Waals surface area contributed by atoms with Crippen LogP contribution in [0.3, 0.4) is 0 Å². The van der Waals surface area contributed by atoms with Crippen molar-refractivity contribution in [2.75, 3.05) is 19.1 Å². The lowest BCUT2D eigenvalue weighted by molar-refractivity contribution is 0.858. The first-order valence-electron chi connectivity index (χ1n) is 2.44. The molecule has 0 bridgehead atoms. The third-order valence-electron chi connectivity index (χ3n) is 0.770. The summed E-state index contributed by atoms with van der Waals surface area (Å²) in [4.78, 5) is 0. The second-order valence-corrected chi connectivity index (χ2v) is 5.28. The van der Waals surface area contributed by atoms with Gasteiger partial charge in [0.25, 0.3) is 0 Å². The Labute approximate surface area is 58.6 Å². The maximum atomic E-state index is 4.16. The molecule has 0 aliphatic heterocycles. The highest BCUT2D eigenvalue weighted by molar-refractivity contribution is 7.44. The van der Waals surface area contributed by atoms with Crippen molar-refractivity contribution in [1.82, 2.24) is 13.2 Å². The average molecular weight is 182 g/mol. The first kappa shape index (κ1) is 7.37. The Morgan fingerprint density at radius 2 is 2.44 bits per heavy atom. The van der Waals surface area contributed by atoms with Crippen molar-refractivity contribution < 1.29 is 0 Å². The minimum absolute atomic E-state index is 0.587. The molecule has 1 N–H and O–H groups in total. The molecule has 1 rings (SSSR count). The fourth-order valence-electron chi connectivity index (χ4n) is 0.367. The van der Waals surface area contributed by atoms with Crippen molar-refractivity contribution in [3.8, 4) is 0 Å². The summed E-state index contributed by atoms with van der Waals surface area (Å²) in [6.45, 7) is 0. The number of rotatable bonds is 1. The van der Waals surface area contributed by atoms with Crippen molar-refractivity contribution >= 4 is 25.5 Å². The first-order valence-corrected chi connectivity index (χ1v) is 5.14. The van der Waals surface area contributed by atoms with Crippen LogP contribution in [0.25, 0.3) is 0 Å². The van der Waals surface area contributed by atoms with Gasteiger partial charge in [-0.1, -0.05) is 0 Å². The van der Waals surface area contributed by atoms with E-state index < -0.39 is 0 Å². The normalized spacial score (nSPS) is 12.8. The molecule has 1 aromatic heterocycles. The summed E-state index contributed by atoms with van der Waals surface area (Å²) in [6.07, 6.45) is 0. The highest BCUT2D eigenvalue weighted by Gasteiger charge is 1.86. The minimum Gasteiger partial charge on any atom is -0.312 e. The van der Waals surface area contributed by atoms with Crippen molar-refractivity contribution in [3.05, 3.63) is 0 Å². The Hall–Kier alpha value is 0.260. The van der Waals surface area contributed by atoms with Crippen LogP contribution in [-0.2, 0) is 0 Å². The van der Waals surface area contributed by atoms with Crippen LogP contribution >= 0.6 is 25.5 Å². The van der Waals surface area contributed by atoms with E-state index in [1.165, 1.54) is 0 Å². The van der Waals surface area contributed by atoms with E-state index >= 15 is 0 Å². The Balaban J connectivity index is 2.85. The molecule has 7 heteroatoms. The standard InChI is InChI=1S/C2H9N4P3/c1-5(2)6-8-3-7-4-9-6/h3,7-8H,1-2H3. The molecule has 0 amide bonds. The molecule has 0 radical (unpaired) electrons. The molecule has 0 saturated heterocycles. The fraction of sp³-hybridized carbons (Fsp3) is 1.00. The topological polar surface area (TPSA) is 36.9 Å². The first-order chi connectivity index (χ1) is 4.30. The number of nitrogens with zero attached hydrogens (tertiary/aromatic N) is 3. The van der Waals surface area contributed by atoms with Gasteiger partial charge in [0, 0.05) is 31.1 Å². The largest absolute Gasteiger partial charge is 0.312 e. The maximum Gasteiger partial charge on any atom is 0.158 e. The van der Waals surface area contributed by atoms with Crippen LogP contribution in [-0.4, -0.2) is 27.3 Å². The molecule has 0 fully saturated rings. The van der Waals surface area contributed by atoms with Crippen LogP contribution in [0.4, 0.5) is 0 Å². The third-order valence-corrected chi connectivity index (χ3v) is 4.12. The van der Waals surface area contributed by atoms with Gasteiger partial charge < -0.3 is 4.51 Å². The number of aromatic amines is 1. The second kappa shape index (κ2) is 3.43. The molecule has 4 nitrogen and oxygen atoms in total. The lowest BCUT2D eigenvalue weighted by atomic mass is 11.2. The summed E-state index contributed by atoms with van der Waals surface area (Å²) in [6, 6.07) is 0. The minimum atomic E-state index is 0.587. The average Bonchev–Trinajstić information content (AvgIpc) is 1.90. The predicted octanol–water partition coefficient (Wildman–Crippen LogP) is 1.18. The Morgan fingerprint density at radius 3 is 2.78 bits per heavy atom. The third kappa shape index (κ3) is 2.15. The molecule has 0 saturated carbocycles. The summed E-state index contributed by atoms with van der Waals surface area (Å²) in [5.41, 5.74) is 0. The van der Waals surface area contributed by atoms with E-state index in [2.05, 4.69) is 13.2 Å². The van der Waals surface area contributed by atoms with E-state index in [1.807, 2.05) is 19.1 Å². The van der Waals surface area contributed by atoms with Gasteiger partial charge in [-0.15, -0.1) is 0 Å². The maximum absolute atomic E-state index is 4.16. The number of aromatic nitrogens is 3. The molecule has 2 unspecified atom stereocenters. The van der Waals surface area contributed by atoms with Gasteiger partial charge in [0.15, 0.2) is 8.51 Å². The molecular weight excluding hydrogens is 173 g/mol. The number of hydrogen-bond donors (Lipinski definition) is 1.